The Labute approximate surface area is 149 Å². The van der Waals surface area contributed by atoms with Crippen LogP contribution in [-0.2, 0) is 9.53 Å². The number of carbonyl (C=O) groups excluding carboxylic acids is 2. The Morgan fingerprint density at radius 2 is 1.92 bits per heavy atom. The van der Waals surface area contributed by atoms with Gasteiger partial charge in [0.2, 0.25) is 5.91 Å². The molecule has 0 aromatic heterocycles. The molecule has 0 aliphatic carbocycles. The molecule has 6 nitrogen and oxygen atoms in total. The Hall–Kier alpha value is -1.92. The minimum Gasteiger partial charge on any atom is -0.379 e. The summed E-state index contributed by atoms with van der Waals surface area (Å²) in [7, 11) is 0. The van der Waals surface area contributed by atoms with Crippen LogP contribution in [-0.4, -0.2) is 66.5 Å². The summed E-state index contributed by atoms with van der Waals surface area (Å²) in [6.07, 6.45) is 0.997. The first-order chi connectivity index (χ1) is 12.0. The van der Waals surface area contributed by atoms with Crippen molar-refractivity contribution < 1.29 is 14.3 Å². The lowest BCUT2D eigenvalue weighted by Crippen LogP contribution is -2.49. The minimum absolute atomic E-state index is 0.0490. The molecular formula is C19H27N3O3. The maximum atomic E-state index is 13.1. The maximum Gasteiger partial charge on any atom is 0.254 e. The van der Waals surface area contributed by atoms with E-state index in [2.05, 4.69) is 17.1 Å². The lowest BCUT2D eigenvalue weighted by molar-refractivity contribution is -0.114. The first-order valence-corrected chi connectivity index (χ1v) is 8.98. The predicted molar refractivity (Wildman–Crippen MR) is 96.8 cm³/mol. The quantitative estimate of drug-likeness (QED) is 0.909. The second kappa shape index (κ2) is 7.54. The zero-order valence-electron chi connectivity index (χ0n) is 15.2. The van der Waals surface area contributed by atoms with Crippen LogP contribution in [0.25, 0.3) is 0 Å². The fourth-order valence-electron chi connectivity index (χ4n) is 3.90. The summed E-state index contributed by atoms with van der Waals surface area (Å²) in [6, 6.07) is 6.07. The molecule has 136 valence electrons. The van der Waals surface area contributed by atoms with Gasteiger partial charge in [0.05, 0.1) is 13.2 Å². The number of morpholine rings is 1. The molecule has 1 aromatic carbocycles. The average molecular weight is 345 g/mol. The molecular weight excluding hydrogens is 318 g/mol. The number of rotatable bonds is 3. The maximum absolute atomic E-state index is 13.1. The summed E-state index contributed by atoms with van der Waals surface area (Å²) in [5, 5.41) is 2.76. The second-order valence-electron chi connectivity index (χ2n) is 6.95. The molecule has 1 N–H and O–H groups in total. The molecule has 3 rings (SSSR count). The van der Waals surface area contributed by atoms with Crippen molar-refractivity contribution in [3.8, 4) is 0 Å². The molecule has 2 heterocycles. The highest BCUT2D eigenvalue weighted by Gasteiger charge is 2.38. The van der Waals surface area contributed by atoms with Gasteiger partial charge >= 0.3 is 0 Å². The fourth-order valence-corrected chi connectivity index (χ4v) is 3.90. The summed E-state index contributed by atoms with van der Waals surface area (Å²) in [5.41, 5.74) is 2.26. The van der Waals surface area contributed by atoms with E-state index in [-0.39, 0.29) is 17.9 Å². The van der Waals surface area contributed by atoms with Crippen LogP contribution >= 0.6 is 0 Å². The molecule has 2 atom stereocenters. The Bertz CT molecular complexity index is 655. The van der Waals surface area contributed by atoms with Crippen molar-refractivity contribution in [2.45, 2.75) is 39.3 Å². The van der Waals surface area contributed by atoms with Crippen LogP contribution < -0.4 is 5.32 Å². The summed E-state index contributed by atoms with van der Waals surface area (Å²) in [5.74, 6) is -0.0860. The van der Waals surface area contributed by atoms with Crippen molar-refractivity contribution in [1.82, 2.24) is 9.80 Å². The van der Waals surface area contributed by atoms with Gasteiger partial charge in [-0.2, -0.15) is 0 Å². The van der Waals surface area contributed by atoms with Crippen LogP contribution in [0.3, 0.4) is 0 Å². The van der Waals surface area contributed by atoms with Crippen LogP contribution in [0.2, 0.25) is 0 Å². The molecule has 2 aliphatic heterocycles. The SMILES string of the molecule is CC(=O)Nc1ccc(C)c(C(=O)N2CC[C@@H](N3CCOCC3)[C@H]2C)c1. The number of aryl methyl sites for hydroxylation is 1. The van der Waals surface area contributed by atoms with E-state index < -0.39 is 0 Å². The van der Waals surface area contributed by atoms with Gasteiger partial charge in [0.1, 0.15) is 0 Å². The van der Waals surface area contributed by atoms with Crippen molar-refractivity contribution in [1.29, 1.82) is 0 Å². The Kier molecular flexibility index (Phi) is 5.39. The molecule has 0 spiro atoms. The number of anilines is 1. The monoisotopic (exact) mass is 345 g/mol. The lowest BCUT2D eigenvalue weighted by atomic mass is 10.0. The van der Waals surface area contributed by atoms with E-state index in [0.717, 1.165) is 44.8 Å². The fraction of sp³-hybridized carbons (Fsp3) is 0.579. The van der Waals surface area contributed by atoms with E-state index >= 15 is 0 Å². The number of nitrogens with zero attached hydrogens (tertiary/aromatic N) is 2. The van der Waals surface area contributed by atoms with E-state index in [0.29, 0.717) is 17.3 Å². The number of nitrogens with one attached hydrogen (secondary N) is 1. The first-order valence-electron chi connectivity index (χ1n) is 8.98. The topological polar surface area (TPSA) is 61.9 Å². The highest BCUT2D eigenvalue weighted by Crippen LogP contribution is 2.27. The van der Waals surface area contributed by atoms with Gasteiger partial charge in [-0.3, -0.25) is 14.5 Å². The Morgan fingerprint density at radius 3 is 2.60 bits per heavy atom. The Morgan fingerprint density at radius 1 is 1.20 bits per heavy atom. The van der Waals surface area contributed by atoms with Gasteiger partial charge in [0.25, 0.3) is 5.91 Å². The van der Waals surface area contributed by atoms with Crippen molar-refractivity contribution in [3.63, 3.8) is 0 Å². The highest BCUT2D eigenvalue weighted by atomic mass is 16.5. The third-order valence-corrected chi connectivity index (χ3v) is 5.28. The predicted octanol–water partition coefficient (Wildman–Crippen LogP) is 1.89. The number of hydrogen-bond acceptors (Lipinski definition) is 4. The molecule has 6 heteroatoms. The highest BCUT2D eigenvalue weighted by molar-refractivity contribution is 5.98. The van der Waals surface area contributed by atoms with E-state index in [1.54, 1.807) is 6.07 Å². The molecule has 0 unspecified atom stereocenters. The summed E-state index contributed by atoms with van der Waals surface area (Å²) in [6.45, 7) is 9.73. The molecule has 2 aliphatic rings. The number of likely N-dealkylation sites (tertiary alicyclic amines) is 1. The number of benzene rings is 1. The van der Waals surface area contributed by atoms with E-state index in [1.165, 1.54) is 6.92 Å². The van der Waals surface area contributed by atoms with Gasteiger partial charge in [0, 0.05) is 49.9 Å². The van der Waals surface area contributed by atoms with Gasteiger partial charge in [-0.05, 0) is 38.0 Å². The average Bonchev–Trinajstić information content (AvgIpc) is 2.98. The number of hydrogen-bond donors (Lipinski definition) is 1. The molecule has 1 aromatic rings. The standard InChI is InChI=1S/C19H27N3O3/c1-13-4-5-16(20-15(3)23)12-17(13)19(24)22-7-6-18(14(22)2)21-8-10-25-11-9-21/h4-5,12,14,18H,6-11H2,1-3H3,(H,20,23)/t14-,18-/m1/s1. The van der Waals surface area contributed by atoms with Gasteiger partial charge in [-0.1, -0.05) is 6.07 Å². The van der Waals surface area contributed by atoms with Gasteiger partial charge in [-0.15, -0.1) is 0 Å². The number of carbonyl (C=O) groups is 2. The molecule has 25 heavy (non-hydrogen) atoms. The molecule has 2 saturated heterocycles. The van der Waals surface area contributed by atoms with E-state index in [1.807, 2.05) is 24.0 Å². The minimum atomic E-state index is -0.135. The molecule has 0 bridgehead atoms. The molecule has 2 amide bonds. The molecule has 2 fully saturated rings. The van der Waals surface area contributed by atoms with Gasteiger partial charge < -0.3 is 15.0 Å². The largest absolute Gasteiger partial charge is 0.379 e. The van der Waals surface area contributed by atoms with E-state index in [4.69, 9.17) is 4.74 Å². The second-order valence-corrected chi connectivity index (χ2v) is 6.95. The van der Waals surface area contributed by atoms with Crippen LogP contribution in [0.5, 0.6) is 0 Å². The lowest BCUT2D eigenvalue weighted by Gasteiger charge is -2.35. The summed E-state index contributed by atoms with van der Waals surface area (Å²) in [4.78, 5) is 28.8. The van der Waals surface area contributed by atoms with E-state index in [9.17, 15) is 9.59 Å². The third-order valence-electron chi connectivity index (χ3n) is 5.28. The van der Waals surface area contributed by atoms with Gasteiger partial charge in [0.15, 0.2) is 0 Å². The Balaban J connectivity index is 1.75. The zero-order valence-corrected chi connectivity index (χ0v) is 15.2. The summed E-state index contributed by atoms with van der Waals surface area (Å²) >= 11 is 0. The normalized spacial score (nSPS) is 24.4. The van der Waals surface area contributed by atoms with Crippen molar-refractivity contribution in [2.75, 3.05) is 38.2 Å². The summed E-state index contributed by atoms with van der Waals surface area (Å²) < 4.78 is 5.44. The first kappa shape index (κ1) is 17.9. The zero-order chi connectivity index (χ0) is 18.0. The number of ether oxygens (including phenoxy) is 1. The smallest absolute Gasteiger partial charge is 0.254 e. The van der Waals surface area contributed by atoms with Crippen LogP contribution in [0, 0.1) is 6.92 Å². The third kappa shape index (κ3) is 3.85. The molecule has 0 saturated carbocycles. The van der Waals surface area contributed by atoms with Gasteiger partial charge in [-0.25, -0.2) is 0 Å². The number of amides is 2. The van der Waals surface area contributed by atoms with Crippen molar-refractivity contribution >= 4 is 17.5 Å². The van der Waals surface area contributed by atoms with Crippen LogP contribution in [0.4, 0.5) is 5.69 Å². The van der Waals surface area contributed by atoms with Crippen molar-refractivity contribution in [2.24, 2.45) is 0 Å². The van der Waals surface area contributed by atoms with Crippen LogP contribution in [0.15, 0.2) is 18.2 Å². The van der Waals surface area contributed by atoms with Crippen molar-refractivity contribution in [3.05, 3.63) is 29.3 Å². The molecule has 0 radical (unpaired) electrons. The van der Waals surface area contributed by atoms with Crippen LogP contribution in [0.1, 0.15) is 36.2 Å².